The first-order valence-electron chi connectivity index (χ1n) is 7.79. The average molecular weight is 297 g/mol. The molecule has 0 N–H and O–H groups in total. The highest BCUT2D eigenvalue weighted by molar-refractivity contribution is 5.95. The molecule has 1 aromatic carbocycles. The largest absolute Gasteiger partial charge is 0.372 e. The lowest BCUT2D eigenvalue weighted by Crippen LogP contribution is -2.38. The van der Waals surface area contributed by atoms with E-state index >= 15 is 0 Å². The van der Waals surface area contributed by atoms with Crippen molar-refractivity contribution >= 4 is 5.91 Å². The molecule has 0 spiro atoms. The average Bonchev–Trinajstić information content (AvgIpc) is 3.27. The molecule has 2 aliphatic rings. The van der Waals surface area contributed by atoms with E-state index in [2.05, 4.69) is 5.10 Å². The first kappa shape index (κ1) is 13.5. The fourth-order valence-electron chi connectivity index (χ4n) is 3.39. The highest BCUT2D eigenvalue weighted by Gasteiger charge is 2.30. The summed E-state index contributed by atoms with van der Waals surface area (Å²) < 4.78 is 7.34. The summed E-state index contributed by atoms with van der Waals surface area (Å²) in [6, 6.07) is 8.10. The number of ether oxygens (including phenoxy) is 1. The molecule has 1 saturated heterocycles. The third-order valence-electron chi connectivity index (χ3n) is 4.56. The quantitative estimate of drug-likeness (QED) is 0.872. The van der Waals surface area contributed by atoms with Gasteiger partial charge in [-0.1, -0.05) is 6.07 Å². The molecule has 0 unspecified atom stereocenters. The SMILES string of the molecule is O=C(c1ccc2c(c1)COC2)N1CCC[C@H]1Cn1cccn1. The van der Waals surface area contributed by atoms with E-state index in [1.54, 1.807) is 6.20 Å². The molecule has 114 valence electrons. The van der Waals surface area contributed by atoms with Crippen molar-refractivity contribution in [1.29, 1.82) is 0 Å². The maximum atomic E-state index is 12.8. The Morgan fingerprint density at radius 2 is 2.23 bits per heavy atom. The maximum Gasteiger partial charge on any atom is 0.254 e. The minimum Gasteiger partial charge on any atom is -0.372 e. The van der Waals surface area contributed by atoms with Crippen molar-refractivity contribution in [1.82, 2.24) is 14.7 Å². The summed E-state index contributed by atoms with van der Waals surface area (Å²) >= 11 is 0. The van der Waals surface area contributed by atoms with Crippen LogP contribution >= 0.6 is 0 Å². The number of benzene rings is 1. The Balaban J connectivity index is 1.53. The van der Waals surface area contributed by atoms with Crippen LogP contribution < -0.4 is 0 Å². The van der Waals surface area contributed by atoms with Crippen LogP contribution in [-0.2, 0) is 24.5 Å². The van der Waals surface area contributed by atoms with Crippen LogP contribution in [0.1, 0.15) is 34.3 Å². The van der Waals surface area contributed by atoms with Gasteiger partial charge in [0, 0.05) is 24.5 Å². The summed E-state index contributed by atoms with van der Waals surface area (Å²) in [5, 5.41) is 4.26. The van der Waals surface area contributed by atoms with E-state index in [0.717, 1.165) is 37.1 Å². The van der Waals surface area contributed by atoms with E-state index in [0.29, 0.717) is 13.2 Å². The number of aromatic nitrogens is 2. The zero-order valence-corrected chi connectivity index (χ0v) is 12.4. The van der Waals surface area contributed by atoms with Crippen molar-refractivity contribution in [2.45, 2.75) is 38.6 Å². The molecule has 22 heavy (non-hydrogen) atoms. The van der Waals surface area contributed by atoms with Crippen molar-refractivity contribution < 1.29 is 9.53 Å². The van der Waals surface area contributed by atoms with E-state index in [1.807, 2.05) is 40.0 Å². The number of carbonyl (C=O) groups is 1. The minimum atomic E-state index is 0.129. The molecular formula is C17H19N3O2. The summed E-state index contributed by atoms with van der Waals surface area (Å²) in [6.07, 6.45) is 5.83. The van der Waals surface area contributed by atoms with Crippen molar-refractivity contribution in [3.05, 3.63) is 53.3 Å². The van der Waals surface area contributed by atoms with Gasteiger partial charge in [-0.25, -0.2) is 0 Å². The smallest absolute Gasteiger partial charge is 0.254 e. The van der Waals surface area contributed by atoms with Crippen LogP contribution in [0.4, 0.5) is 0 Å². The van der Waals surface area contributed by atoms with Crippen LogP contribution in [0, 0.1) is 0 Å². The predicted molar refractivity (Wildman–Crippen MR) is 81.2 cm³/mol. The van der Waals surface area contributed by atoms with Gasteiger partial charge in [-0.05, 0) is 42.2 Å². The van der Waals surface area contributed by atoms with Crippen LogP contribution in [-0.4, -0.2) is 33.2 Å². The van der Waals surface area contributed by atoms with Crippen molar-refractivity contribution in [3.8, 4) is 0 Å². The van der Waals surface area contributed by atoms with Gasteiger partial charge >= 0.3 is 0 Å². The molecule has 0 bridgehead atoms. The van der Waals surface area contributed by atoms with E-state index in [4.69, 9.17) is 4.74 Å². The van der Waals surface area contributed by atoms with E-state index < -0.39 is 0 Å². The summed E-state index contributed by atoms with van der Waals surface area (Å²) in [5.41, 5.74) is 3.12. The lowest BCUT2D eigenvalue weighted by atomic mass is 10.1. The number of hydrogen-bond donors (Lipinski definition) is 0. The van der Waals surface area contributed by atoms with Crippen LogP contribution in [0.3, 0.4) is 0 Å². The van der Waals surface area contributed by atoms with E-state index in [-0.39, 0.29) is 11.9 Å². The monoisotopic (exact) mass is 297 g/mol. The topological polar surface area (TPSA) is 47.4 Å². The Bertz CT molecular complexity index is 681. The Kier molecular flexibility index (Phi) is 3.42. The van der Waals surface area contributed by atoms with Crippen molar-refractivity contribution in [2.75, 3.05) is 6.54 Å². The van der Waals surface area contributed by atoms with E-state index in [1.165, 1.54) is 5.56 Å². The molecule has 5 nitrogen and oxygen atoms in total. The molecule has 1 atom stereocenters. The summed E-state index contributed by atoms with van der Waals surface area (Å²) in [5.74, 6) is 0.129. The van der Waals surface area contributed by atoms with Gasteiger partial charge in [0.05, 0.1) is 25.8 Å². The van der Waals surface area contributed by atoms with Crippen LogP contribution in [0.25, 0.3) is 0 Å². The first-order valence-corrected chi connectivity index (χ1v) is 7.79. The van der Waals surface area contributed by atoms with Crippen LogP contribution in [0.2, 0.25) is 0 Å². The van der Waals surface area contributed by atoms with Gasteiger partial charge in [-0.15, -0.1) is 0 Å². The molecule has 0 radical (unpaired) electrons. The fourth-order valence-corrected chi connectivity index (χ4v) is 3.39. The van der Waals surface area contributed by atoms with Gasteiger partial charge in [0.15, 0.2) is 0 Å². The molecule has 1 amide bonds. The molecule has 2 aromatic rings. The second-order valence-corrected chi connectivity index (χ2v) is 6.00. The van der Waals surface area contributed by atoms with Gasteiger partial charge in [0.2, 0.25) is 0 Å². The first-order chi connectivity index (χ1) is 10.8. The van der Waals surface area contributed by atoms with Gasteiger partial charge in [0.25, 0.3) is 5.91 Å². The summed E-state index contributed by atoms with van der Waals surface area (Å²) in [6.45, 7) is 2.88. The zero-order valence-electron chi connectivity index (χ0n) is 12.4. The molecule has 3 heterocycles. The fraction of sp³-hybridized carbons (Fsp3) is 0.412. The molecule has 5 heteroatoms. The van der Waals surface area contributed by atoms with Crippen LogP contribution in [0.15, 0.2) is 36.7 Å². The third-order valence-corrected chi connectivity index (χ3v) is 4.56. The molecule has 1 fully saturated rings. The molecule has 2 aliphatic heterocycles. The number of likely N-dealkylation sites (tertiary alicyclic amines) is 1. The summed E-state index contributed by atoms with van der Waals surface area (Å²) in [7, 11) is 0. The van der Waals surface area contributed by atoms with E-state index in [9.17, 15) is 4.79 Å². The lowest BCUT2D eigenvalue weighted by Gasteiger charge is -2.25. The van der Waals surface area contributed by atoms with Crippen molar-refractivity contribution in [3.63, 3.8) is 0 Å². The number of fused-ring (bicyclic) bond motifs is 1. The number of nitrogens with zero attached hydrogens (tertiary/aromatic N) is 3. The Morgan fingerprint density at radius 3 is 3.09 bits per heavy atom. The Hall–Kier alpha value is -2.14. The Morgan fingerprint density at radius 1 is 1.32 bits per heavy atom. The zero-order chi connectivity index (χ0) is 14.9. The van der Waals surface area contributed by atoms with Gasteiger partial charge in [-0.3, -0.25) is 9.48 Å². The Labute approximate surface area is 129 Å². The van der Waals surface area contributed by atoms with Gasteiger partial charge < -0.3 is 9.64 Å². The molecule has 4 rings (SSSR count). The second-order valence-electron chi connectivity index (χ2n) is 6.00. The molecule has 0 aliphatic carbocycles. The number of carbonyl (C=O) groups excluding carboxylic acids is 1. The second kappa shape index (κ2) is 5.57. The lowest BCUT2D eigenvalue weighted by molar-refractivity contribution is 0.0721. The predicted octanol–water partition coefficient (Wildman–Crippen LogP) is 2.22. The van der Waals surface area contributed by atoms with Gasteiger partial charge in [-0.2, -0.15) is 5.10 Å². The third kappa shape index (κ3) is 2.41. The standard InChI is InChI=1S/C17H19N3O2/c21-17(13-4-5-14-11-22-12-15(14)9-13)20-8-1-3-16(20)10-19-7-2-6-18-19/h2,4-7,9,16H,1,3,8,10-12H2/t16-/m0/s1. The maximum absolute atomic E-state index is 12.8. The normalized spacial score (nSPS) is 20.4. The summed E-state index contributed by atoms with van der Waals surface area (Å²) in [4.78, 5) is 14.8. The highest BCUT2D eigenvalue weighted by atomic mass is 16.5. The molecular weight excluding hydrogens is 278 g/mol. The molecule has 1 aromatic heterocycles. The number of amides is 1. The van der Waals surface area contributed by atoms with Gasteiger partial charge in [0.1, 0.15) is 0 Å². The number of rotatable bonds is 3. The highest BCUT2D eigenvalue weighted by Crippen LogP contribution is 2.25. The van der Waals surface area contributed by atoms with Crippen LogP contribution in [0.5, 0.6) is 0 Å². The van der Waals surface area contributed by atoms with Crippen molar-refractivity contribution in [2.24, 2.45) is 0 Å². The number of hydrogen-bond acceptors (Lipinski definition) is 3. The molecule has 0 saturated carbocycles. The minimum absolute atomic E-state index is 0.129.